The number of benzene rings is 3. The topological polar surface area (TPSA) is 75.7 Å². The Labute approximate surface area is 179 Å². The highest BCUT2D eigenvalue weighted by molar-refractivity contribution is 7.92. The number of halogens is 2. The molecule has 3 aromatic rings. The largest absolute Gasteiger partial charge is 0.489 e. The number of hydrogen-bond acceptors (Lipinski definition) is 4. The van der Waals surface area contributed by atoms with E-state index in [-0.39, 0.29) is 11.4 Å². The summed E-state index contributed by atoms with van der Waals surface area (Å²) in [4.78, 5) is 12.3. The zero-order chi connectivity index (χ0) is 22.4. The molecule has 162 valence electrons. The number of hydrogen-bond donors (Lipinski definition) is 1. The van der Waals surface area contributed by atoms with E-state index in [9.17, 15) is 22.0 Å². The Hall–Kier alpha value is -3.46. The van der Waals surface area contributed by atoms with Crippen molar-refractivity contribution in [3.63, 3.8) is 0 Å². The summed E-state index contributed by atoms with van der Waals surface area (Å²) in [5.41, 5.74) is 1.26. The van der Waals surface area contributed by atoms with Crippen molar-refractivity contribution >= 4 is 27.3 Å². The lowest BCUT2D eigenvalue weighted by molar-refractivity contribution is -0.114. The molecular weight excluding hydrogens is 426 g/mol. The van der Waals surface area contributed by atoms with E-state index in [1.165, 1.54) is 18.2 Å². The molecule has 0 aliphatic carbocycles. The first-order valence-electron chi connectivity index (χ1n) is 9.22. The lowest BCUT2D eigenvalue weighted by Crippen LogP contribution is -2.37. The lowest BCUT2D eigenvalue weighted by atomic mass is 10.2. The Morgan fingerprint density at radius 2 is 1.65 bits per heavy atom. The van der Waals surface area contributed by atoms with Gasteiger partial charge in [-0.05, 0) is 42.0 Å². The molecule has 0 spiro atoms. The first-order chi connectivity index (χ1) is 14.7. The molecule has 3 aromatic carbocycles. The van der Waals surface area contributed by atoms with E-state index in [2.05, 4.69) is 5.32 Å². The molecule has 3 rings (SSSR count). The van der Waals surface area contributed by atoms with Crippen LogP contribution in [0.5, 0.6) is 5.75 Å². The van der Waals surface area contributed by atoms with Crippen LogP contribution < -0.4 is 14.4 Å². The molecule has 0 aromatic heterocycles. The van der Waals surface area contributed by atoms with E-state index in [1.807, 2.05) is 30.3 Å². The SMILES string of the molecule is CS(=O)(=O)N(CC(=O)Nc1ccc(F)c(F)c1)c1ccc(OCc2ccccc2)cc1. The quantitative estimate of drug-likeness (QED) is 0.569. The summed E-state index contributed by atoms with van der Waals surface area (Å²) in [5, 5.41) is 2.36. The van der Waals surface area contributed by atoms with Crippen molar-refractivity contribution in [1.82, 2.24) is 0 Å². The Balaban J connectivity index is 1.68. The van der Waals surface area contributed by atoms with Gasteiger partial charge >= 0.3 is 0 Å². The molecule has 1 amide bonds. The van der Waals surface area contributed by atoms with Gasteiger partial charge in [-0.3, -0.25) is 9.10 Å². The van der Waals surface area contributed by atoms with Gasteiger partial charge in [0, 0.05) is 11.8 Å². The van der Waals surface area contributed by atoms with Gasteiger partial charge in [0.25, 0.3) is 0 Å². The summed E-state index contributed by atoms with van der Waals surface area (Å²) < 4.78 is 57.4. The molecule has 0 aliphatic rings. The van der Waals surface area contributed by atoms with Gasteiger partial charge in [0.2, 0.25) is 15.9 Å². The van der Waals surface area contributed by atoms with Crippen LogP contribution in [0.3, 0.4) is 0 Å². The van der Waals surface area contributed by atoms with Crippen molar-refractivity contribution in [2.75, 3.05) is 22.4 Å². The van der Waals surface area contributed by atoms with Crippen molar-refractivity contribution in [3.8, 4) is 5.75 Å². The molecule has 0 unspecified atom stereocenters. The minimum absolute atomic E-state index is 0.0158. The summed E-state index contributed by atoms with van der Waals surface area (Å²) in [6.45, 7) is -0.186. The number of nitrogens with zero attached hydrogens (tertiary/aromatic N) is 1. The van der Waals surface area contributed by atoms with Gasteiger partial charge in [-0.15, -0.1) is 0 Å². The number of nitrogens with one attached hydrogen (secondary N) is 1. The molecule has 0 heterocycles. The van der Waals surface area contributed by atoms with Crippen LogP contribution in [0, 0.1) is 11.6 Å². The first kappa shape index (κ1) is 22.2. The monoisotopic (exact) mass is 446 g/mol. The van der Waals surface area contributed by atoms with Gasteiger partial charge in [0.15, 0.2) is 11.6 Å². The van der Waals surface area contributed by atoms with E-state index in [0.29, 0.717) is 12.4 Å². The molecule has 0 fully saturated rings. The number of anilines is 2. The van der Waals surface area contributed by atoms with Crippen LogP contribution >= 0.6 is 0 Å². The van der Waals surface area contributed by atoms with Crippen molar-refractivity contribution < 1.29 is 26.7 Å². The Morgan fingerprint density at radius 1 is 0.968 bits per heavy atom. The molecule has 0 bridgehead atoms. The fourth-order valence-corrected chi connectivity index (χ4v) is 3.61. The highest BCUT2D eigenvalue weighted by Crippen LogP contribution is 2.22. The van der Waals surface area contributed by atoms with Crippen LogP contribution in [-0.2, 0) is 21.4 Å². The predicted octanol–water partition coefficient (Wildman–Crippen LogP) is 3.95. The molecule has 6 nitrogen and oxygen atoms in total. The van der Waals surface area contributed by atoms with Crippen molar-refractivity contribution in [2.45, 2.75) is 6.61 Å². The number of ether oxygens (including phenoxy) is 1. The first-order valence-corrected chi connectivity index (χ1v) is 11.1. The second-order valence-electron chi connectivity index (χ2n) is 6.71. The minimum Gasteiger partial charge on any atom is -0.489 e. The number of rotatable bonds is 8. The second kappa shape index (κ2) is 9.57. The van der Waals surface area contributed by atoms with Crippen LogP contribution in [0.4, 0.5) is 20.2 Å². The average Bonchev–Trinajstić information content (AvgIpc) is 2.74. The smallest absolute Gasteiger partial charge is 0.245 e. The molecule has 9 heteroatoms. The highest BCUT2D eigenvalue weighted by atomic mass is 32.2. The van der Waals surface area contributed by atoms with Crippen LogP contribution in [0.2, 0.25) is 0 Å². The Bertz CT molecular complexity index is 1150. The normalized spacial score (nSPS) is 11.1. The van der Waals surface area contributed by atoms with Gasteiger partial charge in [-0.1, -0.05) is 30.3 Å². The van der Waals surface area contributed by atoms with Gasteiger partial charge < -0.3 is 10.1 Å². The third-order valence-electron chi connectivity index (χ3n) is 4.26. The summed E-state index contributed by atoms with van der Waals surface area (Å²) >= 11 is 0. The zero-order valence-electron chi connectivity index (χ0n) is 16.6. The zero-order valence-corrected chi connectivity index (χ0v) is 17.4. The number of amides is 1. The third kappa shape index (κ3) is 6.26. The van der Waals surface area contributed by atoms with Crippen molar-refractivity contribution in [2.24, 2.45) is 0 Å². The number of carbonyl (C=O) groups is 1. The van der Waals surface area contributed by atoms with E-state index >= 15 is 0 Å². The lowest BCUT2D eigenvalue weighted by Gasteiger charge is -2.22. The van der Waals surface area contributed by atoms with Gasteiger partial charge in [-0.25, -0.2) is 17.2 Å². The Kier molecular flexibility index (Phi) is 6.86. The fourth-order valence-electron chi connectivity index (χ4n) is 2.75. The van der Waals surface area contributed by atoms with E-state index in [0.717, 1.165) is 28.3 Å². The van der Waals surface area contributed by atoms with Crippen LogP contribution in [0.15, 0.2) is 72.8 Å². The molecule has 0 atom stereocenters. The highest BCUT2D eigenvalue weighted by Gasteiger charge is 2.21. The summed E-state index contributed by atoms with van der Waals surface area (Å²) in [5.74, 6) is -2.35. The summed E-state index contributed by atoms with van der Waals surface area (Å²) in [6.07, 6.45) is 0.970. The molecule has 0 saturated heterocycles. The third-order valence-corrected chi connectivity index (χ3v) is 5.40. The van der Waals surface area contributed by atoms with Gasteiger partial charge in [-0.2, -0.15) is 0 Å². The minimum atomic E-state index is -3.79. The standard InChI is InChI=1S/C22H20F2N2O4S/c1-31(28,29)26(14-22(27)25-17-7-12-20(23)21(24)13-17)18-8-10-19(11-9-18)30-15-16-5-3-2-4-6-16/h2-13H,14-15H2,1H3,(H,25,27). The van der Waals surface area contributed by atoms with Crippen molar-refractivity contribution in [1.29, 1.82) is 0 Å². The second-order valence-corrected chi connectivity index (χ2v) is 8.62. The van der Waals surface area contributed by atoms with Gasteiger partial charge in [0.1, 0.15) is 18.9 Å². The number of sulfonamides is 1. The molecule has 1 N–H and O–H groups in total. The molecule has 0 saturated carbocycles. The van der Waals surface area contributed by atoms with Crippen LogP contribution in [0.1, 0.15) is 5.56 Å². The van der Waals surface area contributed by atoms with E-state index in [4.69, 9.17) is 4.74 Å². The number of carbonyl (C=O) groups excluding carboxylic acids is 1. The summed E-state index contributed by atoms with van der Waals surface area (Å²) in [6, 6.07) is 18.7. The van der Waals surface area contributed by atoms with E-state index in [1.54, 1.807) is 12.1 Å². The molecule has 0 radical (unpaired) electrons. The van der Waals surface area contributed by atoms with Gasteiger partial charge in [0.05, 0.1) is 11.9 Å². The Morgan fingerprint density at radius 3 is 2.26 bits per heavy atom. The average molecular weight is 446 g/mol. The van der Waals surface area contributed by atoms with E-state index < -0.39 is 34.1 Å². The molecule has 31 heavy (non-hydrogen) atoms. The predicted molar refractivity (Wildman–Crippen MR) is 114 cm³/mol. The maximum absolute atomic E-state index is 13.3. The van der Waals surface area contributed by atoms with Crippen molar-refractivity contribution in [3.05, 3.63) is 90.0 Å². The summed E-state index contributed by atoms with van der Waals surface area (Å²) in [7, 11) is -3.79. The molecule has 0 aliphatic heterocycles. The molecular formula is C22H20F2N2O4S. The maximum Gasteiger partial charge on any atom is 0.245 e. The van der Waals surface area contributed by atoms with Crippen LogP contribution in [-0.4, -0.2) is 27.1 Å². The maximum atomic E-state index is 13.3. The fraction of sp³-hybridized carbons (Fsp3) is 0.136. The van der Waals surface area contributed by atoms with Crippen LogP contribution in [0.25, 0.3) is 0 Å².